The minimum atomic E-state index is -0.570. The Morgan fingerprint density at radius 2 is 1.83 bits per heavy atom. The van der Waals surface area contributed by atoms with Crippen molar-refractivity contribution in [3.63, 3.8) is 0 Å². The van der Waals surface area contributed by atoms with Crippen LogP contribution in [0.4, 0.5) is 0 Å². The van der Waals surface area contributed by atoms with Gasteiger partial charge in [0.25, 0.3) is 0 Å². The number of guanidine groups is 1. The van der Waals surface area contributed by atoms with E-state index < -0.39 is 6.10 Å². The molecule has 1 aromatic heterocycles. The van der Waals surface area contributed by atoms with Gasteiger partial charge in [0.15, 0.2) is 5.96 Å². The van der Waals surface area contributed by atoms with Gasteiger partial charge in [-0.1, -0.05) is 42.5 Å². The summed E-state index contributed by atoms with van der Waals surface area (Å²) in [6, 6.07) is 18.8. The summed E-state index contributed by atoms with van der Waals surface area (Å²) in [4.78, 5) is 7.37. The quantitative estimate of drug-likeness (QED) is 0.249. The van der Waals surface area contributed by atoms with Crippen molar-refractivity contribution in [2.24, 2.45) is 4.99 Å². The van der Waals surface area contributed by atoms with Crippen molar-refractivity contribution in [3.8, 4) is 0 Å². The van der Waals surface area contributed by atoms with E-state index in [1.54, 1.807) is 18.4 Å². The first kappa shape index (κ1) is 23.6. The molecule has 3 rings (SSSR count). The first-order valence-corrected chi connectivity index (χ1v) is 10.2. The summed E-state index contributed by atoms with van der Waals surface area (Å²) in [6.07, 6.45) is -0.570. The zero-order chi connectivity index (χ0) is 19.9. The fourth-order valence-corrected chi connectivity index (χ4v) is 4.12. The van der Waals surface area contributed by atoms with Crippen LogP contribution >= 0.6 is 35.3 Å². The molecule has 7 heteroatoms. The average molecular weight is 524 g/mol. The molecule has 0 spiro atoms. The molecule has 0 aliphatic carbocycles. The highest BCUT2D eigenvalue weighted by Gasteiger charge is 2.12. The number of halogens is 1. The molecule has 0 bridgehead atoms. The molecular formula is C22H29IN4OS. The third kappa shape index (κ3) is 6.95. The smallest absolute Gasteiger partial charge is 0.191 e. The van der Waals surface area contributed by atoms with Gasteiger partial charge in [0.1, 0.15) is 6.10 Å². The van der Waals surface area contributed by atoms with Crippen LogP contribution in [-0.2, 0) is 13.1 Å². The van der Waals surface area contributed by atoms with Crippen molar-refractivity contribution >= 4 is 51.4 Å². The summed E-state index contributed by atoms with van der Waals surface area (Å²) in [6.45, 7) is 2.01. The molecule has 156 valence electrons. The molecule has 0 amide bonds. The van der Waals surface area contributed by atoms with E-state index >= 15 is 0 Å². The van der Waals surface area contributed by atoms with Crippen LogP contribution in [0.1, 0.15) is 22.1 Å². The van der Waals surface area contributed by atoms with Gasteiger partial charge < -0.3 is 20.6 Å². The summed E-state index contributed by atoms with van der Waals surface area (Å²) in [5, 5.41) is 18.2. The normalized spacial score (nSPS) is 12.7. The van der Waals surface area contributed by atoms with Gasteiger partial charge in [-0.25, -0.2) is 0 Å². The fraction of sp³-hybridized carbons (Fsp3) is 0.318. The van der Waals surface area contributed by atoms with E-state index in [4.69, 9.17) is 0 Å². The predicted molar refractivity (Wildman–Crippen MR) is 134 cm³/mol. The Morgan fingerprint density at radius 1 is 1.07 bits per heavy atom. The van der Waals surface area contributed by atoms with Gasteiger partial charge in [0, 0.05) is 36.3 Å². The number of rotatable bonds is 7. The van der Waals surface area contributed by atoms with Gasteiger partial charge in [-0.2, -0.15) is 0 Å². The largest absolute Gasteiger partial charge is 0.386 e. The highest BCUT2D eigenvalue weighted by molar-refractivity contribution is 14.0. The average Bonchev–Trinajstić information content (AvgIpc) is 3.12. The zero-order valence-electron chi connectivity index (χ0n) is 17.1. The molecule has 0 aliphatic heterocycles. The molecule has 0 radical (unpaired) electrons. The second-order valence-corrected chi connectivity index (χ2v) is 8.18. The molecular weight excluding hydrogens is 495 g/mol. The van der Waals surface area contributed by atoms with E-state index in [9.17, 15) is 5.11 Å². The maximum absolute atomic E-state index is 10.5. The SMILES string of the molecule is CN=C(NCc1cccc(CN(C)C)c1)NCC(O)c1cc2ccccc2s1.I. The summed E-state index contributed by atoms with van der Waals surface area (Å²) < 4.78 is 1.19. The van der Waals surface area contributed by atoms with Crippen LogP contribution in [0.25, 0.3) is 10.1 Å². The van der Waals surface area contributed by atoms with Gasteiger partial charge >= 0.3 is 0 Å². The van der Waals surface area contributed by atoms with Crippen LogP contribution in [0.5, 0.6) is 0 Å². The number of aliphatic hydroxyl groups excluding tert-OH is 1. The number of aliphatic imine (C=N–C) groups is 1. The Morgan fingerprint density at radius 3 is 2.55 bits per heavy atom. The second-order valence-electron chi connectivity index (χ2n) is 7.07. The second kappa shape index (κ2) is 11.5. The van der Waals surface area contributed by atoms with Crippen LogP contribution in [-0.4, -0.2) is 43.7 Å². The van der Waals surface area contributed by atoms with Crippen molar-refractivity contribution in [1.29, 1.82) is 0 Å². The number of nitrogens with one attached hydrogen (secondary N) is 2. The van der Waals surface area contributed by atoms with Crippen LogP contribution in [0.15, 0.2) is 59.6 Å². The zero-order valence-corrected chi connectivity index (χ0v) is 20.2. The molecule has 1 unspecified atom stereocenters. The monoisotopic (exact) mass is 524 g/mol. The minimum Gasteiger partial charge on any atom is -0.386 e. The number of thiophene rings is 1. The number of benzene rings is 2. The molecule has 3 N–H and O–H groups in total. The molecule has 0 aliphatic rings. The first-order chi connectivity index (χ1) is 13.5. The highest BCUT2D eigenvalue weighted by Crippen LogP contribution is 2.29. The summed E-state index contributed by atoms with van der Waals surface area (Å²) >= 11 is 1.63. The lowest BCUT2D eigenvalue weighted by Gasteiger charge is -2.15. The molecule has 0 fully saturated rings. The lowest BCUT2D eigenvalue weighted by atomic mass is 10.1. The Bertz CT molecular complexity index is 908. The lowest BCUT2D eigenvalue weighted by Crippen LogP contribution is -2.38. The van der Waals surface area contributed by atoms with Crippen molar-refractivity contribution in [2.75, 3.05) is 27.7 Å². The third-order valence-corrected chi connectivity index (χ3v) is 5.63. The van der Waals surface area contributed by atoms with Crippen molar-refractivity contribution in [2.45, 2.75) is 19.2 Å². The van der Waals surface area contributed by atoms with Crippen molar-refractivity contribution in [1.82, 2.24) is 15.5 Å². The van der Waals surface area contributed by atoms with Crippen LogP contribution in [0, 0.1) is 0 Å². The van der Waals surface area contributed by atoms with Crippen LogP contribution < -0.4 is 10.6 Å². The number of fused-ring (bicyclic) bond motifs is 1. The highest BCUT2D eigenvalue weighted by atomic mass is 127. The van der Waals surface area contributed by atoms with E-state index in [0.717, 1.165) is 11.4 Å². The lowest BCUT2D eigenvalue weighted by molar-refractivity contribution is 0.184. The minimum absolute atomic E-state index is 0. The topological polar surface area (TPSA) is 59.9 Å². The van der Waals surface area contributed by atoms with Crippen molar-refractivity contribution < 1.29 is 5.11 Å². The predicted octanol–water partition coefficient (Wildman–Crippen LogP) is 3.98. The van der Waals surface area contributed by atoms with Gasteiger partial charge in [0.05, 0.1) is 0 Å². The molecule has 0 saturated heterocycles. The summed E-state index contributed by atoms with van der Waals surface area (Å²) in [5.74, 6) is 0.679. The van der Waals surface area contributed by atoms with E-state index in [1.807, 2.05) is 12.1 Å². The molecule has 2 aromatic carbocycles. The van der Waals surface area contributed by atoms with Gasteiger partial charge in [-0.3, -0.25) is 4.99 Å². The molecule has 29 heavy (non-hydrogen) atoms. The standard InChI is InChI=1S/C22H28N4OS.HI/c1-23-22(24-13-16-7-6-8-17(11-16)15-26(2)3)25-14-19(27)21-12-18-9-4-5-10-20(18)28-21;/h4-12,19,27H,13-15H2,1-3H3,(H2,23,24,25);1H. The number of hydrogen-bond donors (Lipinski definition) is 3. The maximum atomic E-state index is 10.5. The van der Waals surface area contributed by atoms with Gasteiger partial charge in [0.2, 0.25) is 0 Å². The van der Waals surface area contributed by atoms with E-state index in [2.05, 4.69) is 77.1 Å². The number of aliphatic hydroxyl groups is 1. The number of hydrogen-bond acceptors (Lipinski definition) is 4. The Hall–Kier alpha value is -1.68. The number of nitrogens with zero attached hydrogens (tertiary/aromatic N) is 2. The Labute approximate surface area is 193 Å². The van der Waals surface area contributed by atoms with Crippen LogP contribution in [0.2, 0.25) is 0 Å². The molecule has 3 aromatic rings. The molecule has 0 saturated carbocycles. The van der Waals surface area contributed by atoms with E-state index in [1.165, 1.54) is 21.2 Å². The first-order valence-electron chi connectivity index (χ1n) is 9.39. The third-order valence-electron chi connectivity index (χ3n) is 4.41. The van der Waals surface area contributed by atoms with Crippen molar-refractivity contribution in [3.05, 3.63) is 70.6 Å². The van der Waals surface area contributed by atoms with E-state index in [0.29, 0.717) is 19.0 Å². The van der Waals surface area contributed by atoms with Crippen LogP contribution in [0.3, 0.4) is 0 Å². The Balaban J connectivity index is 0.00000300. The maximum Gasteiger partial charge on any atom is 0.191 e. The fourth-order valence-electron chi connectivity index (χ4n) is 3.07. The molecule has 1 atom stereocenters. The van der Waals surface area contributed by atoms with Gasteiger partial charge in [-0.05, 0) is 42.7 Å². The molecule has 1 heterocycles. The van der Waals surface area contributed by atoms with E-state index in [-0.39, 0.29) is 24.0 Å². The summed E-state index contributed by atoms with van der Waals surface area (Å²) in [5.41, 5.74) is 2.49. The Kier molecular flexibility index (Phi) is 9.35. The summed E-state index contributed by atoms with van der Waals surface area (Å²) in [7, 11) is 5.88. The van der Waals surface area contributed by atoms with Gasteiger partial charge in [-0.15, -0.1) is 35.3 Å². The molecule has 5 nitrogen and oxygen atoms in total.